The average molecular weight is 258 g/mol. The molecule has 0 bridgehead atoms. The van der Waals surface area contributed by atoms with Gasteiger partial charge in [0.05, 0.1) is 0 Å². The molecule has 0 spiro atoms. The predicted molar refractivity (Wildman–Crippen MR) is 77.9 cm³/mol. The molecule has 1 aromatic heterocycles. The van der Waals surface area contributed by atoms with E-state index in [2.05, 4.69) is 33.9 Å². The average Bonchev–Trinajstić information content (AvgIpc) is 2.90. The summed E-state index contributed by atoms with van der Waals surface area (Å²) in [5.41, 5.74) is 11.2. The predicted octanol–water partition coefficient (Wildman–Crippen LogP) is 2.93. The second-order valence-corrected chi connectivity index (χ2v) is 5.67. The van der Waals surface area contributed by atoms with E-state index in [1.807, 2.05) is 6.07 Å². The molecule has 3 rings (SSSR count). The molecule has 2 N–H and O–H groups in total. The standard InChI is InChI=1S/C15H18N2S/c16-15-3-1-2-13-5-8-17(10-14(13)15)7-4-12-6-9-18-11-12/h1-3,6,9,11H,4-5,7-8,10,16H2. The zero-order valence-electron chi connectivity index (χ0n) is 10.4. The smallest absolute Gasteiger partial charge is 0.0362 e. The van der Waals surface area contributed by atoms with Gasteiger partial charge < -0.3 is 5.73 Å². The molecular formula is C15H18N2S. The Balaban J connectivity index is 1.66. The maximum Gasteiger partial charge on any atom is 0.0362 e. The van der Waals surface area contributed by atoms with Crippen LogP contribution in [0.25, 0.3) is 0 Å². The Hall–Kier alpha value is -1.32. The van der Waals surface area contributed by atoms with Gasteiger partial charge in [-0.05, 0) is 52.4 Å². The van der Waals surface area contributed by atoms with Gasteiger partial charge in [-0.3, -0.25) is 4.90 Å². The first-order chi connectivity index (χ1) is 8.83. The molecule has 0 amide bonds. The molecule has 0 aliphatic carbocycles. The van der Waals surface area contributed by atoms with Crippen LogP contribution < -0.4 is 5.73 Å². The molecule has 0 saturated carbocycles. The topological polar surface area (TPSA) is 29.3 Å². The van der Waals surface area contributed by atoms with E-state index in [9.17, 15) is 0 Å². The van der Waals surface area contributed by atoms with Crippen LogP contribution in [-0.4, -0.2) is 18.0 Å². The zero-order valence-corrected chi connectivity index (χ0v) is 11.2. The number of nitrogens with two attached hydrogens (primary N) is 1. The maximum atomic E-state index is 6.07. The summed E-state index contributed by atoms with van der Waals surface area (Å²) in [5, 5.41) is 4.39. The number of benzene rings is 1. The van der Waals surface area contributed by atoms with Gasteiger partial charge in [0.1, 0.15) is 0 Å². The first-order valence-electron chi connectivity index (χ1n) is 6.42. The van der Waals surface area contributed by atoms with Gasteiger partial charge in [0.15, 0.2) is 0 Å². The fourth-order valence-electron chi connectivity index (χ4n) is 2.58. The highest BCUT2D eigenvalue weighted by Gasteiger charge is 2.17. The number of fused-ring (bicyclic) bond motifs is 1. The summed E-state index contributed by atoms with van der Waals surface area (Å²) in [6, 6.07) is 8.51. The molecule has 0 saturated heterocycles. The third-order valence-corrected chi connectivity index (χ3v) is 4.42. The number of anilines is 1. The Morgan fingerprint density at radius 1 is 1.28 bits per heavy atom. The molecule has 94 valence electrons. The molecule has 0 fully saturated rings. The molecular weight excluding hydrogens is 240 g/mol. The summed E-state index contributed by atoms with van der Waals surface area (Å²) in [5.74, 6) is 0. The molecule has 0 atom stereocenters. The van der Waals surface area contributed by atoms with Crippen molar-refractivity contribution < 1.29 is 0 Å². The van der Waals surface area contributed by atoms with E-state index in [1.165, 1.54) is 16.7 Å². The van der Waals surface area contributed by atoms with Gasteiger partial charge in [0, 0.05) is 25.3 Å². The van der Waals surface area contributed by atoms with E-state index in [4.69, 9.17) is 5.73 Å². The zero-order chi connectivity index (χ0) is 12.4. The molecule has 1 aliphatic heterocycles. The van der Waals surface area contributed by atoms with Crippen LogP contribution >= 0.6 is 11.3 Å². The fourth-order valence-corrected chi connectivity index (χ4v) is 3.28. The van der Waals surface area contributed by atoms with Crippen molar-refractivity contribution in [3.05, 3.63) is 51.7 Å². The Morgan fingerprint density at radius 2 is 2.22 bits per heavy atom. The van der Waals surface area contributed by atoms with Crippen molar-refractivity contribution in [2.24, 2.45) is 0 Å². The number of nitrogen functional groups attached to an aromatic ring is 1. The van der Waals surface area contributed by atoms with Gasteiger partial charge in [-0.25, -0.2) is 0 Å². The van der Waals surface area contributed by atoms with Crippen LogP contribution in [0.4, 0.5) is 5.69 Å². The summed E-state index contributed by atoms with van der Waals surface area (Å²) >= 11 is 1.78. The number of hydrogen-bond acceptors (Lipinski definition) is 3. The first kappa shape index (κ1) is 11.8. The summed E-state index contributed by atoms with van der Waals surface area (Å²) in [4.78, 5) is 2.51. The quantitative estimate of drug-likeness (QED) is 0.858. The lowest BCUT2D eigenvalue weighted by atomic mass is 9.98. The second-order valence-electron chi connectivity index (χ2n) is 4.89. The number of hydrogen-bond donors (Lipinski definition) is 1. The highest BCUT2D eigenvalue weighted by Crippen LogP contribution is 2.24. The lowest BCUT2D eigenvalue weighted by molar-refractivity contribution is 0.258. The van der Waals surface area contributed by atoms with Crippen molar-refractivity contribution in [2.45, 2.75) is 19.4 Å². The SMILES string of the molecule is Nc1cccc2c1CN(CCc1ccsc1)CC2. The van der Waals surface area contributed by atoms with Crippen molar-refractivity contribution in [1.82, 2.24) is 4.90 Å². The Bertz CT molecular complexity index is 519. The monoisotopic (exact) mass is 258 g/mol. The number of thiophene rings is 1. The van der Waals surface area contributed by atoms with Gasteiger partial charge >= 0.3 is 0 Å². The Labute approximate surface area is 112 Å². The minimum atomic E-state index is 0.952. The van der Waals surface area contributed by atoms with Crippen molar-refractivity contribution >= 4 is 17.0 Å². The van der Waals surface area contributed by atoms with Gasteiger partial charge in [-0.2, -0.15) is 11.3 Å². The number of rotatable bonds is 3. The van der Waals surface area contributed by atoms with E-state index in [1.54, 1.807) is 11.3 Å². The lowest BCUT2D eigenvalue weighted by Gasteiger charge is -2.29. The molecule has 0 radical (unpaired) electrons. The molecule has 2 heterocycles. The van der Waals surface area contributed by atoms with Gasteiger partial charge in [0.25, 0.3) is 0 Å². The van der Waals surface area contributed by atoms with E-state index in [0.29, 0.717) is 0 Å². The molecule has 1 aromatic carbocycles. The Kier molecular flexibility index (Phi) is 3.35. The van der Waals surface area contributed by atoms with Crippen molar-refractivity contribution in [3.8, 4) is 0 Å². The van der Waals surface area contributed by atoms with Crippen molar-refractivity contribution in [2.75, 3.05) is 18.8 Å². The Morgan fingerprint density at radius 3 is 3.06 bits per heavy atom. The first-order valence-corrected chi connectivity index (χ1v) is 7.37. The van der Waals surface area contributed by atoms with Crippen LogP contribution in [0.3, 0.4) is 0 Å². The molecule has 0 unspecified atom stereocenters. The molecule has 2 nitrogen and oxygen atoms in total. The van der Waals surface area contributed by atoms with E-state index in [-0.39, 0.29) is 0 Å². The minimum Gasteiger partial charge on any atom is -0.398 e. The van der Waals surface area contributed by atoms with E-state index >= 15 is 0 Å². The summed E-state index contributed by atoms with van der Waals surface area (Å²) < 4.78 is 0. The van der Waals surface area contributed by atoms with Gasteiger partial charge in [-0.15, -0.1) is 0 Å². The maximum absolute atomic E-state index is 6.07. The molecule has 1 aliphatic rings. The summed E-state index contributed by atoms with van der Waals surface area (Å²) in [6.07, 6.45) is 2.27. The van der Waals surface area contributed by atoms with Crippen LogP contribution in [0.2, 0.25) is 0 Å². The molecule has 18 heavy (non-hydrogen) atoms. The van der Waals surface area contributed by atoms with Crippen molar-refractivity contribution in [3.63, 3.8) is 0 Å². The van der Waals surface area contributed by atoms with Crippen molar-refractivity contribution in [1.29, 1.82) is 0 Å². The second kappa shape index (κ2) is 5.12. The largest absolute Gasteiger partial charge is 0.398 e. The fraction of sp³-hybridized carbons (Fsp3) is 0.333. The minimum absolute atomic E-state index is 0.952. The summed E-state index contributed by atoms with van der Waals surface area (Å²) in [6.45, 7) is 3.29. The van der Waals surface area contributed by atoms with Crippen LogP contribution in [0, 0.1) is 0 Å². The van der Waals surface area contributed by atoms with Gasteiger partial charge in [0.2, 0.25) is 0 Å². The third kappa shape index (κ3) is 2.42. The summed E-state index contributed by atoms with van der Waals surface area (Å²) in [7, 11) is 0. The van der Waals surface area contributed by atoms with Crippen LogP contribution in [0.15, 0.2) is 35.0 Å². The third-order valence-electron chi connectivity index (χ3n) is 3.69. The van der Waals surface area contributed by atoms with E-state index in [0.717, 1.165) is 38.2 Å². The van der Waals surface area contributed by atoms with Crippen LogP contribution in [0.5, 0.6) is 0 Å². The molecule has 2 aromatic rings. The van der Waals surface area contributed by atoms with Gasteiger partial charge in [-0.1, -0.05) is 12.1 Å². The highest BCUT2D eigenvalue weighted by atomic mass is 32.1. The van der Waals surface area contributed by atoms with E-state index < -0.39 is 0 Å². The number of nitrogens with zero attached hydrogens (tertiary/aromatic N) is 1. The van der Waals surface area contributed by atoms with Crippen LogP contribution in [-0.2, 0) is 19.4 Å². The highest BCUT2D eigenvalue weighted by molar-refractivity contribution is 7.07. The molecule has 3 heteroatoms. The lowest BCUT2D eigenvalue weighted by Crippen LogP contribution is -2.32. The van der Waals surface area contributed by atoms with Crippen LogP contribution in [0.1, 0.15) is 16.7 Å². The normalized spacial score (nSPS) is 15.6.